The summed E-state index contributed by atoms with van der Waals surface area (Å²) in [6.07, 6.45) is 0. The zero-order chi connectivity index (χ0) is 16.2. The van der Waals surface area contributed by atoms with Gasteiger partial charge in [-0.25, -0.2) is 4.39 Å². The molecule has 0 spiro atoms. The number of nitrogens with zero attached hydrogens (tertiary/aromatic N) is 1. The van der Waals surface area contributed by atoms with Gasteiger partial charge >= 0.3 is 5.69 Å². The van der Waals surface area contributed by atoms with Crippen LogP contribution in [0.2, 0.25) is 0 Å². The van der Waals surface area contributed by atoms with Crippen LogP contribution >= 0.6 is 0 Å². The third kappa shape index (κ3) is 2.26. The number of benzene rings is 1. The number of halogens is 2. The van der Waals surface area contributed by atoms with Crippen molar-refractivity contribution >= 4 is 11.6 Å². The molecule has 7 heteroatoms. The van der Waals surface area contributed by atoms with E-state index in [2.05, 4.69) is 5.32 Å². The average Bonchev–Trinajstić information content (AvgIpc) is 2.73. The Morgan fingerprint density at radius 1 is 1.19 bits per heavy atom. The summed E-state index contributed by atoms with van der Waals surface area (Å²) in [5.74, 6) is -3.12. The molecule has 0 unspecified atom stereocenters. The maximum Gasteiger partial charge on any atom is 0.307 e. The SMILES string of the molecule is CC1(C)C(NC(=O)c2cc(F)c([N+](=O)[O-])cc2F)C1(C)C. The summed E-state index contributed by atoms with van der Waals surface area (Å²) in [5, 5.41) is 13.2. The molecular formula is C14H16F2N2O3. The molecule has 0 aliphatic heterocycles. The van der Waals surface area contributed by atoms with E-state index in [0.717, 1.165) is 0 Å². The second kappa shape index (κ2) is 4.47. The van der Waals surface area contributed by atoms with Gasteiger partial charge in [0.2, 0.25) is 5.82 Å². The molecule has 2 rings (SSSR count). The van der Waals surface area contributed by atoms with Crippen LogP contribution in [0.1, 0.15) is 38.1 Å². The molecule has 0 aromatic heterocycles. The highest BCUT2D eigenvalue weighted by molar-refractivity contribution is 5.95. The number of carbonyl (C=O) groups excluding carboxylic acids is 1. The first-order chi connectivity index (χ1) is 9.50. The van der Waals surface area contributed by atoms with Gasteiger partial charge in [0.05, 0.1) is 16.6 Å². The maximum absolute atomic E-state index is 13.8. The van der Waals surface area contributed by atoms with Crippen LogP contribution in [0.15, 0.2) is 12.1 Å². The molecule has 0 atom stereocenters. The molecule has 0 radical (unpaired) electrons. The van der Waals surface area contributed by atoms with E-state index in [9.17, 15) is 23.7 Å². The van der Waals surface area contributed by atoms with Gasteiger partial charge in [0.15, 0.2) is 0 Å². The summed E-state index contributed by atoms with van der Waals surface area (Å²) in [5.41, 5.74) is -1.83. The molecule has 0 heterocycles. The number of nitrogens with one attached hydrogen (secondary N) is 1. The monoisotopic (exact) mass is 298 g/mol. The van der Waals surface area contributed by atoms with Gasteiger partial charge in [-0.3, -0.25) is 14.9 Å². The number of hydrogen-bond acceptors (Lipinski definition) is 3. The Hall–Kier alpha value is -2.05. The minimum atomic E-state index is -1.24. The van der Waals surface area contributed by atoms with Crippen LogP contribution in [0, 0.1) is 32.6 Å². The van der Waals surface area contributed by atoms with Crippen molar-refractivity contribution in [1.82, 2.24) is 5.32 Å². The van der Waals surface area contributed by atoms with E-state index >= 15 is 0 Å². The first-order valence-electron chi connectivity index (χ1n) is 6.44. The van der Waals surface area contributed by atoms with Gasteiger partial charge in [-0.2, -0.15) is 4.39 Å². The third-order valence-corrected chi connectivity index (χ3v) is 4.77. The molecular weight excluding hydrogens is 282 g/mol. The van der Waals surface area contributed by atoms with Crippen molar-refractivity contribution in [3.05, 3.63) is 39.4 Å². The van der Waals surface area contributed by atoms with Crippen molar-refractivity contribution in [3.8, 4) is 0 Å². The van der Waals surface area contributed by atoms with E-state index in [1.54, 1.807) is 0 Å². The predicted octanol–water partition coefficient (Wildman–Crippen LogP) is 3.04. The topological polar surface area (TPSA) is 72.2 Å². The Labute approximate surface area is 120 Å². The van der Waals surface area contributed by atoms with Crippen molar-refractivity contribution in [1.29, 1.82) is 0 Å². The fraction of sp³-hybridized carbons (Fsp3) is 0.500. The Morgan fingerprint density at radius 3 is 2.14 bits per heavy atom. The van der Waals surface area contributed by atoms with E-state index in [1.165, 1.54) is 0 Å². The first-order valence-corrected chi connectivity index (χ1v) is 6.44. The van der Waals surface area contributed by atoms with Gasteiger partial charge in [-0.15, -0.1) is 0 Å². The number of rotatable bonds is 3. The summed E-state index contributed by atoms with van der Waals surface area (Å²) in [6.45, 7) is 7.85. The van der Waals surface area contributed by atoms with Gasteiger partial charge in [0, 0.05) is 6.04 Å². The predicted molar refractivity (Wildman–Crippen MR) is 71.8 cm³/mol. The van der Waals surface area contributed by atoms with Crippen LogP contribution < -0.4 is 5.32 Å². The molecule has 1 aliphatic rings. The van der Waals surface area contributed by atoms with Crippen LogP contribution in [0.25, 0.3) is 0 Å². The second-order valence-electron chi connectivity index (χ2n) is 6.39. The molecule has 1 fully saturated rings. The highest BCUT2D eigenvalue weighted by Crippen LogP contribution is 2.62. The zero-order valence-electron chi connectivity index (χ0n) is 12.2. The fourth-order valence-corrected chi connectivity index (χ4v) is 2.62. The van der Waals surface area contributed by atoms with E-state index in [1.807, 2.05) is 27.7 Å². The quantitative estimate of drug-likeness (QED) is 0.688. The van der Waals surface area contributed by atoms with Crippen molar-refractivity contribution in [2.24, 2.45) is 10.8 Å². The van der Waals surface area contributed by atoms with Gasteiger partial charge < -0.3 is 5.32 Å². The highest BCUT2D eigenvalue weighted by Gasteiger charge is 2.65. The summed E-state index contributed by atoms with van der Waals surface area (Å²) < 4.78 is 27.3. The molecule has 0 saturated heterocycles. The Morgan fingerprint density at radius 2 is 1.71 bits per heavy atom. The third-order valence-electron chi connectivity index (χ3n) is 4.77. The Balaban J connectivity index is 2.26. The molecule has 5 nitrogen and oxygen atoms in total. The van der Waals surface area contributed by atoms with Crippen LogP contribution in [-0.2, 0) is 0 Å². The number of amides is 1. The minimum Gasteiger partial charge on any atom is -0.348 e. The molecule has 114 valence electrons. The maximum atomic E-state index is 13.8. The van der Waals surface area contributed by atoms with Gasteiger partial charge in [0.25, 0.3) is 5.91 Å². The normalized spacial score (nSPS) is 19.1. The molecule has 1 amide bonds. The van der Waals surface area contributed by atoms with Crippen molar-refractivity contribution in [2.45, 2.75) is 33.7 Å². The van der Waals surface area contributed by atoms with E-state index in [-0.39, 0.29) is 16.9 Å². The molecule has 21 heavy (non-hydrogen) atoms. The average molecular weight is 298 g/mol. The molecule has 1 aromatic rings. The molecule has 1 N–H and O–H groups in total. The van der Waals surface area contributed by atoms with Crippen LogP contribution in [0.3, 0.4) is 0 Å². The van der Waals surface area contributed by atoms with Crippen LogP contribution in [0.5, 0.6) is 0 Å². The summed E-state index contributed by atoms with van der Waals surface area (Å²) in [6, 6.07) is 0.814. The van der Waals surface area contributed by atoms with Crippen molar-refractivity contribution in [3.63, 3.8) is 0 Å². The van der Waals surface area contributed by atoms with E-state index in [0.29, 0.717) is 12.1 Å². The van der Waals surface area contributed by atoms with Gasteiger partial charge in [0.1, 0.15) is 5.82 Å². The van der Waals surface area contributed by atoms with Gasteiger partial charge in [-0.1, -0.05) is 27.7 Å². The second-order valence-corrected chi connectivity index (χ2v) is 6.39. The number of carbonyl (C=O) groups is 1. The molecule has 1 aromatic carbocycles. The summed E-state index contributed by atoms with van der Waals surface area (Å²) >= 11 is 0. The van der Waals surface area contributed by atoms with Crippen molar-refractivity contribution in [2.75, 3.05) is 0 Å². The lowest BCUT2D eigenvalue weighted by Gasteiger charge is -2.08. The van der Waals surface area contributed by atoms with Gasteiger partial charge in [-0.05, 0) is 16.9 Å². The van der Waals surface area contributed by atoms with E-state index in [4.69, 9.17) is 0 Å². The lowest BCUT2D eigenvalue weighted by Crippen LogP contribution is -2.30. The Kier molecular flexibility index (Phi) is 3.27. The number of nitro benzene ring substituents is 1. The molecule has 1 aliphatic carbocycles. The minimum absolute atomic E-state index is 0.154. The van der Waals surface area contributed by atoms with Crippen LogP contribution in [0.4, 0.5) is 14.5 Å². The number of hydrogen-bond donors (Lipinski definition) is 1. The highest BCUT2D eigenvalue weighted by atomic mass is 19.1. The lowest BCUT2D eigenvalue weighted by atomic mass is 10.0. The fourth-order valence-electron chi connectivity index (χ4n) is 2.62. The first kappa shape index (κ1) is 15.3. The Bertz CT molecular complexity index is 627. The standard InChI is InChI=1S/C14H16F2N2O3/c1-13(2)12(14(13,3)4)17-11(19)7-5-9(16)10(18(20)21)6-8(7)15/h5-6,12H,1-4H3,(H,17,19). The number of nitro groups is 1. The smallest absolute Gasteiger partial charge is 0.307 e. The van der Waals surface area contributed by atoms with Crippen molar-refractivity contribution < 1.29 is 18.5 Å². The zero-order valence-corrected chi connectivity index (χ0v) is 12.2. The lowest BCUT2D eigenvalue weighted by molar-refractivity contribution is -0.387. The van der Waals surface area contributed by atoms with E-state index < -0.39 is 33.7 Å². The summed E-state index contributed by atoms with van der Waals surface area (Å²) in [7, 11) is 0. The molecule has 1 saturated carbocycles. The van der Waals surface area contributed by atoms with Crippen LogP contribution in [-0.4, -0.2) is 16.9 Å². The summed E-state index contributed by atoms with van der Waals surface area (Å²) in [4.78, 5) is 21.5. The molecule has 0 bridgehead atoms. The largest absolute Gasteiger partial charge is 0.348 e.